The molecule has 0 unspecified atom stereocenters. The predicted octanol–water partition coefficient (Wildman–Crippen LogP) is 3.98. The number of carbonyl (C=O) groups excluding carboxylic acids is 2. The van der Waals surface area contributed by atoms with Gasteiger partial charge in [0.2, 0.25) is 5.91 Å². The maximum absolute atomic E-state index is 12.6. The number of primary amides is 1. The average Bonchev–Trinajstić information content (AvgIpc) is 3.33. The van der Waals surface area contributed by atoms with Gasteiger partial charge in [-0.05, 0) is 22.9 Å². The largest absolute Gasteiger partial charge is 0.370 e. The molecule has 28 heavy (non-hydrogen) atoms. The van der Waals surface area contributed by atoms with Crippen LogP contribution in [-0.4, -0.2) is 32.2 Å². The van der Waals surface area contributed by atoms with Gasteiger partial charge in [0, 0.05) is 18.5 Å². The van der Waals surface area contributed by atoms with Crippen molar-refractivity contribution < 1.29 is 9.59 Å². The number of nitrogens with two attached hydrogens (primary N) is 1. The van der Waals surface area contributed by atoms with Crippen molar-refractivity contribution in [2.45, 2.75) is 37.9 Å². The van der Waals surface area contributed by atoms with E-state index >= 15 is 0 Å². The van der Waals surface area contributed by atoms with Gasteiger partial charge in [0.25, 0.3) is 0 Å². The lowest BCUT2D eigenvalue weighted by Gasteiger charge is -2.09. The van der Waals surface area contributed by atoms with Gasteiger partial charge >= 0.3 is 0 Å². The molecule has 2 aromatic heterocycles. The number of amides is 1. The van der Waals surface area contributed by atoms with Crippen molar-refractivity contribution in [3.63, 3.8) is 0 Å². The van der Waals surface area contributed by atoms with E-state index in [-0.39, 0.29) is 23.9 Å². The minimum atomic E-state index is -0.386. The third-order valence-electron chi connectivity index (χ3n) is 4.27. The number of aromatic nitrogens is 3. The normalized spacial score (nSPS) is 11.1. The Kier molecular flexibility index (Phi) is 6.64. The molecule has 0 radical (unpaired) electrons. The zero-order valence-electron chi connectivity index (χ0n) is 15.8. The Morgan fingerprint density at radius 1 is 1.18 bits per heavy atom. The number of rotatable bonds is 9. The van der Waals surface area contributed by atoms with Crippen molar-refractivity contribution >= 4 is 34.8 Å². The van der Waals surface area contributed by atoms with Gasteiger partial charge in [-0.25, -0.2) is 0 Å². The summed E-state index contributed by atoms with van der Waals surface area (Å²) in [5.74, 6) is 1.01. The van der Waals surface area contributed by atoms with Crippen molar-refractivity contribution in [2.75, 3.05) is 5.75 Å². The molecule has 6 nitrogen and oxygen atoms in total. The molecule has 0 bridgehead atoms. The molecular weight excluding hydrogens is 392 g/mol. The highest BCUT2D eigenvalue weighted by molar-refractivity contribution is 7.99. The minimum absolute atomic E-state index is 0.0300. The Morgan fingerprint density at radius 2 is 1.93 bits per heavy atom. The molecule has 1 aromatic carbocycles. The van der Waals surface area contributed by atoms with Crippen LogP contribution in [0.4, 0.5) is 0 Å². The molecule has 3 aromatic rings. The second kappa shape index (κ2) is 9.16. The van der Waals surface area contributed by atoms with E-state index in [9.17, 15) is 9.59 Å². The van der Waals surface area contributed by atoms with E-state index in [2.05, 4.69) is 24.0 Å². The summed E-state index contributed by atoms with van der Waals surface area (Å²) in [6.45, 7) is 4.63. The maximum atomic E-state index is 12.6. The molecule has 0 saturated heterocycles. The van der Waals surface area contributed by atoms with E-state index in [0.717, 1.165) is 4.88 Å². The second-order valence-corrected chi connectivity index (χ2v) is 8.53. The van der Waals surface area contributed by atoms with Gasteiger partial charge in [-0.1, -0.05) is 55.9 Å². The van der Waals surface area contributed by atoms with Gasteiger partial charge < -0.3 is 10.3 Å². The van der Waals surface area contributed by atoms with E-state index in [1.54, 1.807) is 11.3 Å². The Hall–Kier alpha value is -2.45. The molecule has 1 amide bonds. The fourth-order valence-corrected chi connectivity index (χ4v) is 4.25. The third-order valence-corrected chi connectivity index (χ3v) is 6.10. The molecule has 0 saturated carbocycles. The minimum Gasteiger partial charge on any atom is -0.370 e. The van der Waals surface area contributed by atoms with Gasteiger partial charge in [0.15, 0.2) is 16.8 Å². The Bertz CT molecular complexity index is 947. The van der Waals surface area contributed by atoms with Crippen LogP contribution in [0.3, 0.4) is 0 Å². The maximum Gasteiger partial charge on any atom is 0.219 e. The number of hydrogen-bond donors (Lipinski definition) is 1. The number of hydrogen-bond acceptors (Lipinski definition) is 6. The molecule has 146 valence electrons. The van der Waals surface area contributed by atoms with E-state index < -0.39 is 0 Å². The standard InChI is InChI=1S/C20H22N4O2S2/c1-13(2)14-5-7-15(8-6-14)16(25)12-28-20-23-22-19(17-4-3-11-27-17)24(20)10-9-18(21)26/h3-8,11,13H,9-10,12H2,1-2H3,(H2,21,26). The number of nitrogens with zero attached hydrogens (tertiary/aromatic N) is 3. The van der Waals surface area contributed by atoms with Crippen molar-refractivity contribution in [3.05, 3.63) is 52.9 Å². The molecule has 0 fully saturated rings. The van der Waals surface area contributed by atoms with Gasteiger partial charge in [-0.15, -0.1) is 21.5 Å². The Balaban J connectivity index is 1.74. The molecule has 0 atom stereocenters. The first-order valence-corrected chi connectivity index (χ1v) is 10.8. The number of carbonyl (C=O) groups is 2. The van der Waals surface area contributed by atoms with Gasteiger partial charge in [-0.2, -0.15) is 0 Å². The van der Waals surface area contributed by atoms with Crippen molar-refractivity contribution in [3.8, 4) is 10.7 Å². The van der Waals surface area contributed by atoms with Crippen LogP contribution in [0.1, 0.15) is 42.1 Å². The number of thioether (sulfide) groups is 1. The summed E-state index contributed by atoms with van der Waals surface area (Å²) < 4.78 is 1.86. The summed E-state index contributed by atoms with van der Waals surface area (Å²) in [6, 6.07) is 11.6. The van der Waals surface area contributed by atoms with Crippen LogP contribution in [0, 0.1) is 0 Å². The van der Waals surface area contributed by atoms with Crippen LogP contribution in [0.25, 0.3) is 10.7 Å². The fourth-order valence-electron chi connectivity index (χ4n) is 2.67. The molecule has 0 aliphatic rings. The van der Waals surface area contributed by atoms with Crippen LogP contribution in [0.5, 0.6) is 0 Å². The number of thiophene rings is 1. The Morgan fingerprint density at radius 3 is 2.54 bits per heavy atom. The summed E-state index contributed by atoms with van der Waals surface area (Å²) in [5, 5.41) is 11.1. The predicted molar refractivity (Wildman–Crippen MR) is 113 cm³/mol. The highest BCUT2D eigenvalue weighted by Crippen LogP contribution is 2.28. The lowest BCUT2D eigenvalue weighted by molar-refractivity contribution is -0.118. The van der Waals surface area contributed by atoms with E-state index in [1.807, 2.05) is 46.3 Å². The molecular formula is C20H22N4O2S2. The first-order valence-electron chi connectivity index (χ1n) is 8.97. The number of ketones is 1. The first-order chi connectivity index (χ1) is 13.5. The zero-order chi connectivity index (χ0) is 20.1. The van der Waals surface area contributed by atoms with E-state index in [4.69, 9.17) is 5.73 Å². The monoisotopic (exact) mass is 414 g/mol. The Labute approximate surface area is 172 Å². The molecule has 2 N–H and O–H groups in total. The molecule has 0 spiro atoms. The molecule has 0 aliphatic carbocycles. The van der Waals surface area contributed by atoms with Gasteiger partial charge in [-0.3, -0.25) is 9.59 Å². The van der Waals surface area contributed by atoms with Gasteiger partial charge in [0.05, 0.1) is 10.6 Å². The van der Waals surface area contributed by atoms with Crippen molar-refractivity contribution in [1.29, 1.82) is 0 Å². The SMILES string of the molecule is CC(C)c1ccc(C(=O)CSc2nnc(-c3cccs3)n2CCC(N)=O)cc1. The molecule has 8 heteroatoms. The lowest BCUT2D eigenvalue weighted by atomic mass is 10.0. The summed E-state index contributed by atoms with van der Waals surface area (Å²) in [4.78, 5) is 24.8. The summed E-state index contributed by atoms with van der Waals surface area (Å²) in [7, 11) is 0. The zero-order valence-corrected chi connectivity index (χ0v) is 17.4. The highest BCUT2D eigenvalue weighted by atomic mass is 32.2. The van der Waals surface area contributed by atoms with Crippen molar-refractivity contribution in [1.82, 2.24) is 14.8 Å². The molecule has 2 heterocycles. The molecule has 3 rings (SSSR count). The number of Topliss-reactive ketones (excluding diaryl/α,β-unsaturated/α-hetero) is 1. The fraction of sp³-hybridized carbons (Fsp3) is 0.300. The van der Waals surface area contributed by atoms with E-state index in [1.165, 1.54) is 17.3 Å². The van der Waals surface area contributed by atoms with Gasteiger partial charge in [0.1, 0.15) is 0 Å². The summed E-state index contributed by atoms with van der Waals surface area (Å²) in [6.07, 6.45) is 0.189. The first kappa shape index (κ1) is 20.3. The van der Waals surface area contributed by atoms with Crippen LogP contribution in [0.2, 0.25) is 0 Å². The number of benzene rings is 1. The van der Waals surface area contributed by atoms with Crippen LogP contribution in [0.15, 0.2) is 46.9 Å². The summed E-state index contributed by atoms with van der Waals surface area (Å²) in [5.41, 5.74) is 7.19. The van der Waals surface area contributed by atoms with E-state index in [0.29, 0.717) is 29.0 Å². The van der Waals surface area contributed by atoms with Crippen LogP contribution in [-0.2, 0) is 11.3 Å². The topological polar surface area (TPSA) is 90.9 Å². The average molecular weight is 415 g/mol. The highest BCUT2D eigenvalue weighted by Gasteiger charge is 2.17. The smallest absolute Gasteiger partial charge is 0.219 e. The van der Waals surface area contributed by atoms with Crippen LogP contribution < -0.4 is 5.73 Å². The second-order valence-electron chi connectivity index (χ2n) is 6.64. The van der Waals surface area contributed by atoms with Crippen molar-refractivity contribution in [2.24, 2.45) is 5.73 Å². The summed E-state index contributed by atoms with van der Waals surface area (Å²) >= 11 is 2.87. The lowest BCUT2D eigenvalue weighted by Crippen LogP contribution is -2.15. The third kappa shape index (κ3) is 4.88. The van der Waals surface area contributed by atoms with Crippen LogP contribution >= 0.6 is 23.1 Å². The quantitative estimate of drug-likeness (QED) is 0.422. The molecule has 0 aliphatic heterocycles.